The highest BCUT2D eigenvalue weighted by Gasteiger charge is 2.46. The van der Waals surface area contributed by atoms with E-state index in [4.69, 9.17) is 18.9 Å². The lowest BCUT2D eigenvalue weighted by Crippen LogP contribution is -2.60. The van der Waals surface area contributed by atoms with Crippen molar-refractivity contribution < 1.29 is 54.1 Å². The summed E-state index contributed by atoms with van der Waals surface area (Å²) >= 11 is 0. The number of carboxylic acids is 1. The van der Waals surface area contributed by atoms with Gasteiger partial charge in [0.15, 0.2) is 6.29 Å². The third kappa shape index (κ3) is 6.75. The number of hydrogen-bond acceptors (Lipinski definition) is 10. The van der Waals surface area contributed by atoms with E-state index in [1.807, 2.05) is 13.8 Å². The molecule has 2 aliphatic rings. The van der Waals surface area contributed by atoms with Crippen LogP contribution in [0, 0.1) is 11.8 Å². The second-order valence-corrected chi connectivity index (χ2v) is 8.66. The van der Waals surface area contributed by atoms with Crippen molar-refractivity contribution in [3.05, 3.63) is 23.5 Å². The minimum atomic E-state index is -1.67. The average molecular weight is 475 g/mol. The number of carbonyl (C=O) groups is 2. The van der Waals surface area contributed by atoms with Crippen molar-refractivity contribution in [3.63, 3.8) is 0 Å². The van der Waals surface area contributed by atoms with Crippen molar-refractivity contribution in [1.29, 1.82) is 0 Å². The summed E-state index contributed by atoms with van der Waals surface area (Å²) in [6.07, 6.45) is -6.32. The van der Waals surface area contributed by atoms with Gasteiger partial charge < -0.3 is 44.5 Å². The van der Waals surface area contributed by atoms with E-state index < -0.39 is 61.5 Å². The molecule has 1 fully saturated rings. The van der Waals surface area contributed by atoms with Gasteiger partial charge in [0.05, 0.1) is 31.0 Å². The molecule has 0 aromatic carbocycles. The zero-order valence-corrected chi connectivity index (χ0v) is 19.2. The third-order valence-corrected chi connectivity index (χ3v) is 5.56. The molecule has 8 atom stereocenters. The van der Waals surface area contributed by atoms with Crippen LogP contribution in [0.25, 0.3) is 0 Å². The molecule has 0 bridgehead atoms. The highest BCUT2D eigenvalue weighted by atomic mass is 16.8. The summed E-state index contributed by atoms with van der Waals surface area (Å²) in [5.74, 6) is -2.50. The molecule has 11 nitrogen and oxygen atoms in total. The Morgan fingerprint density at radius 3 is 2.36 bits per heavy atom. The van der Waals surface area contributed by atoms with Crippen LogP contribution in [0.4, 0.5) is 0 Å². The summed E-state index contributed by atoms with van der Waals surface area (Å²) in [4.78, 5) is 24.3. The first kappa shape index (κ1) is 27.2. The van der Waals surface area contributed by atoms with Gasteiger partial charge in [0, 0.05) is 11.5 Å². The van der Waals surface area contributed by atoms with Crippen LogP contribution in [0.3, 0.4) is 0 Å². The standard InChI is InChI=1S/C22H34O11/c1-5-12-13(7-16(24)31-11(4)6-10(2)3)14(20(28)29)9-30-21(12)33-22-19(27)18(26)17(25)15(8-23)32-22/h5,9-11,13,15,17-19,21-23,25-27H,6-8H2,1-4H3,(H,28,29)/b12-5+/t11?,13-,15+,17+,18-,19+,21-,22-/m0/s1. The molecule has 0 spiro atoms. The Morgan fingerprint density at radius 1 is 1.15 bits per heavy atom. The molecule has 0 amide bonds. The van der Waals surface area contributed by atoms with Gasteiger partial charge in [0.25, 0.3) is 0 Å². The second-order valence-electron chi connectivity index (χ2n) is 8.66. The number of aliphatic hydroxyl groups excluding tert-OH is 4. The molecule has 2 rings (SSSR count). The molecular formula is C22H34O11. The average Bonchev–Trinajstić information content (AvgIpc) is 2.73. The van der Waals surface area contributed by atoms with Gasteiger partial charge in [-0.3, -0.25) is 4.79 Å². The fourth-order valence-corrected chi connectivity index (χ4v) is 3.97. The Balaban J connectivity index is 2.20. The number of carboxylic acid groups (broad SMARTS) is 1. The van der Waals surface area contributed by atoms with Gasteiger partial charge in [-0.15, -0.1) is 0 Å². The Kier molecular flexibility index (Phi) is 9.83. The molecule has 0 aliphatic carbocycles. The number of ether oxygens (including phenoxy) is 4. The predicted molar refractivity (Wildman–Crippen MR) is 112 cm³/mol. The first-order valence-electron chi connectivity index (χ1n) is 10.9. The monoisotopic (exact) mass is 474 g/mol. The third-order valence-electron chi connectivity index (χ3n) is 5.56. The summed E-state index contributed by atoms with van der Waals surface area (Å²) in [7, 11) is 0. The van der Waals surface area contributed by atoms with Crippen molar-refractivity contribution >= 4 is 11.9 Å². The molecule has 1 unspecified atom stereocenters. The number of rotatable bonds is 9. The first-order chi connectivity index (χ1) is 15.5. The number of esters is 1. The van der Waals surface area contributed by atoms with Crippen LogP contribution >= 0.6 is 0 Å². The highest BCUT2D eigenvalue weighted by molar-refractivity contribution is 5.89. The minimum Gasteiger partial charge on any atom is -0.478 e. The minimum absolute atomic E-state index is 0.176. The van der Waals surface area contributed by atoms with E-state index in [2.05, 4.69) is 0 Å². The molecule has 1 saturated heterocycles. The largest absolute Gasteiger partial charge is 0.478 e. The van der Waals surface area contributed by atoms with Crippen molar-refractivity contribution in [3.8, 4) is 0 Å². The number of hydrogen-bond donors (Lipinski definition) is 5. The fraction of sp³-hybridized carbons (Fsp3) is 0.727. The summed E-state index contributed by atoms with van der Waals surface area (Å²) < 4.78 is 21.8. The van der Waals surface area contributed by atoms with E-state index in [0.29, 0.717) is 12.3 Å². The van der Waals surface area contributed by atoms with Crippen LogP contribution in [0.5, 0.6) is 0 Å². The van der Waals surface area contributed by atoms with Gasteiger partial charge in [-0.25, -0.2) is 4.79 Å². The quantitative estimate of drug-likeness (QED) is 0.226. The van der Waals surface area contributed by atoms with E-state index >= 15 is 0 Å². The zero-order chi connectivity index (χ0) is 24.9. The van der Waals surface area contributed by atoms with E-state index in [-0.39, 0.29) is 23.7 Å². The molecule has 0 aromatic rings. The molecule has 33 heavy (non-hydrogen) atoms. The number of aliphatic carboxylic acids is 1. The SMILES string of the molecule is C/C=C1/[C@H](O[C@@H]2O[C@H](CO)[C@@H](O)[C@H](O)[C@H]2O)OC=C(C(=O)O)[C@H]1CC(=O)OC(C)CC(C)C. The van der Waals surface area contributed by atoms with Gasteiger partial charge in [0.2, 0.25) is 6.29 Å². The normalized spacial score (nSPS) is 34.5. The zero-order valence-electron chi connectivity index (χ0n) is 19.2. The molecule has 11 heteroatoms. The van der Waals surface area contributed by atoms with Crippen molar-refractivity contribution in [2.75, 3.05) is 6.61 Å². The Labute approximate surface area is 192 Å². The molecule has 0 radical (unpaired) electrons. The van der Waals surface area contributed by atoms with Crippen LogP contribution < -0.4 is 0 Å². The van der Waals surface area contributed by atoms with Crippen LogP contribution in [0.15, 0.2) is 23.5 Å². The topological polar surface area (TPSA) is 172 Å². The number of allylic oxidation sites excluding steroid dienone is 1. The molecule has 2 aliphatic heterocycles. The fourth-order valence-electron chi connectivity index (χ4n) is 3.97. The molecule has 188 valence electrons. The van der Waals surface area contributed by atoms with Crippen molar-refractivity contribution in [2.45, 2.75) is 83.6 Å². The lowest BCUT2D eigenvalue weighted by atomic mass is 9.86. The van der Waals surface area contributed by atoms with Gasteiger partial charge in [0.1, 0.15) is 24.4 Å². The molecule has 0 aromatic heterocycles. The highest BCUT2D eigenvalue weighted by Crippen LogP contribution is 2.36. The maximum Gasteiger partial charge on any atom is 0.335 e. The number of carbonyl (C=O) groups excluding carboxylic acids is 1. The summed E-state index contributed by atoms with van der Waals surface area (Å²) in [5, 5.41) is 49.1. The van der Waals surface area contributed by atoms with E-state index in [0.717, 1.165) is 6.26 Å². The van der Waals surface area contributed by atoms with Gasteiger partial charge >= 0.3 is 11.9 Å². The van der Waals surface area contributed by atoms with Crippen molar-refractivity contribution in [1.82, 2.24) is 0 Å². The van der Waals surface area contributed by atoms with Gasteiger partial charge in [-0.1, -0.05) is 19.9 Å². The van der Waals surface area contributed by atoms with Crippen molar-refractivity contribution in [2.24, 2.45) is 11.8 Å². The van der Waals surface area contributed by atoms with Crippen LogP contribution in [0.1, 0.15) is 40.5 Å². The van der Waals surface area contributed by atoms with Crippen LogP contribution in [-0.4, -0.2) is 87.2 Å². The Hall–Kier alpha value is -2.02. The first-order valence-corrected chi connectivity index (χ1v) is 10.9. The predicted octanol–water partition coefficient (Wildman–Crippen LogP) is 0.0581. The Morgan fingerprint density at radius 2 is 1.82 bits per heavy atom. The van der Waals surface area contributed by atoms with E-state index in [1.165, 1.54) is 6.08 Å². The van der Waals surface area contributed by atoms with Gasteiger partial charge in [-0.05, 0) is 26.2 Å². The molecule has 0 saturated carbocycles. The van der Waals surface area contributed by atoms with E-state index in [9.17, 15) is 35.1 Å². The molecule has 2 heterocycles. The molecule has 5 N–H and O–H groups in total. The van der Waals surface area contributed by atoms with Gasteiger partial charge in [-0.2, -0.15) is 0 Å². The number of aliphatic hydroxyl groups is 4. The Bertz CT molecular complexity index is 745. The maximum atomic E-state index is 12.5. The summed E-state index contributed by atoms with van der Waals surface area (Å²) in [6.45, 7) is 6.71. The van der Waals surface area contributed by atoms with Crippen LogP contribution in [0.2, 0.25) is 0 Å². The maximum absolute atomic E-state index is 12.5. The smallest absolute Gasteiger partial charge is 0.335 e. The van der Waals surface area contributed by atoms with E-state index in [1.54, 1.807) is 13.8 Å². The van der Waals surface area contributed by atoms with Crippen LogP contribution in [-0.2, 0) is 28.5 Å². The second kappa shape index (κ2) is 11.9. The molecular weight excluding hydrogens is 440 g/mol. The summed E-state index contributed by atoms with van der Waals surface area (Å²) in [6, 6.07) is 0. The lowest BCUT2D eigenvalue weighted by Gasteiger charge is -2.41. The lowest BCUT2D eigenvalue weighted by molar-refractivity contribution is -0.327. The summed E-state index contributed by atoms with van der Waals surface area (Å²) in [5.41, 5.74) is 0.102.